The van der Waals surface area contributed by atoms with Crippen LogP contribution in [0.5, 0.6) is 0 Å². The molecule has 0 bridgehead atoms. The third kappa shape index (κ3) is 6.29. The van der Waals surface area contributed by atoms with Gasteiger partial charge in [-0.3, -0.25) is 9.79 Å². The molecule has 1 amide bonds. The van der Waals surface area contributed by atoms with Crippen molar-refractivity contribution >= 4 is 12.1 Å². The van der Waals surface area contributed by atoms with Crippen LogP contribution in [-0.2, 0) is 4.79 Å². The average molecular weight is 250 g/mol. The molecule has 0 aliphatic carbocycles. The lowest BCUT2D eigenvalue weighted by molar-refractivity contribution is -0.117. The van der Waals surface area contributed by atoms with Gasteiger partial charge in [0.15, 0.2) is 0 Å². The molecule has 0 heterocycles. The summed E-state index contributed by atoms with van der Waals surface area (Å²) in [7, 11) is 0. The number of aliphatic hydroxyl groups is 5. The Kier molecular flexibility index (Phi) is 7.59. The lowest BCUT2D eigenvalue weighted by Crippen LogP contribution is -2.46. The van der Waals surface area contributed by atoms with E-state index in [0.29, 0.717) is 0 Å². The second kappa shape index (κ2) is 8.09. The van der Waals surface area contributed by atoms with E-state index in [9.17, 15) is 20.1 Å². The number of carbonyl (C=O) groups is 1. The number of primary amides is 1. The van der Waals surface area contributed by atoms with Gasteiger partial charge in [0.1, 0.15) is 24.4 Å². The number of hydrogen-bond acceptors (Lipinski definition) is 7. The minimum Gasteiger partial charge on any atom is -0.394 e. The minimum absolute atomic E-state index is 0.00112. The topological polar surface area (TPSA) is 157 Å². The highest BCUT2D eigenvalue weighted by Gasteiger charge is 2.28. The highest BCUT2D eigenvalue weighted by Crippen LogP contribution is 2.03. The zero-order chi connectivity index (χ0) is 13.4. The molecule has 0 saturated carbocycles. The molecule has 8 heteroatoms. The van der Waals surface area contributed by atoms with Crippen LogP contribution in [0.4, 0.5) is 0 Å². The summed E-state index contributed by atoms with van der Waals surface area (Å²) in [5.74, 6) is -0.548. The van der Waals surface area contributed by atoms with Gasteiger partial charge in [0.05, 0.1) is 6.61 Å². The molecule has 100 valence electrons. The van der Waals surface area contributed by atoms with Gasteiger partial charge in [-0.15, -0.1) is 0 Å². The first-order chi connectivity index (χ1) is 7.90. The van der Waals surface area contributed by atoms with Crippen LogP contribution in [0.1, 0.15) is 6.42 Å². The van der Waals surface area contributed by atoms with E-state index in [1.807, 2.05) is 0 Å². The quantitative estimate of drug-likeness (QED) is 0.244. The maximum absolute atomic E-state index is 10.3. The van der Waals surface area contributed by atoms with Crippen molar-refractivity contribution in [2.75, 3.05) is 13.2 Å². The Morgan fingerprint density at radius 2 is 1.82 bits per heavy atom. The van der Waals surface area contributed by atoms with Gasteiger partial charge in [0.2, 0.25) is 5.91 Å². The summed E-state index contributed by atoms with van der Waals surface area (Å²) in [6, 6.07) is 0. The summed E-state index contributed by atoms with van der Waals surface area (Å²) >= 11 is 0. The number of aliphatic hydroxyl groups excluding tert-OH is 5. The molecule has 0 saturated heterocycles. The Bertz CT molecular complexity index is 260. The summed E-state index contributed by atoms with van der Waals surface area (Å²) in [5, 5.41) is 45.5. The van der Waals surface area contributed by atoms with Gasteiger partial charge in [-0.1, -0.05) is 0 Å². The van der Waals surface area contributed by atoms with Crippen molar-refractivity contribution in [3.63, 3.8) is 0 Å². The third-order valence-corrected chi connectivity index (χ3v) is 2.03. The normalized spacial score (nSPS) is 18.9. The Morgan fingerprint density at radius 1 is 1.24 bits per heavy atom. The first-order valence-electron chi connectivity index (χ1n) is 5.01. The van der Waals surface area contributed by atoms with Gasteiger partial charge >= 0.3 is 0 Å². The van der Waals surface area contributed by atoms with Crippen LogP contribution < -0.4 is 5.73 Å². The molecule has 4 unspecified atom stereocenters. The van der Waals surface area contributed by atoms with Gasteiger partial charge in [-0.05, 0) is 0 Å². The molecule has 0 radical (unpaired) electrons. The Hall–Kier alpha value is -1.06. The van der Waals surface area contributed by atoms with Crippen molar-refractivity contribution in [1.29, 1.82) is 0 Å². The maximum atomic E-state index is 10.3. The van der Waals surface area contributed by atoms with Crippen molar-refractivity contribution in [3.05, 3.63) is 0 Å². The summed E-state index contributed by atoms with van der Waals surface area (Å²) in [4.78, 5) is 14.0. The van der Waals surface area contributed by atoms with E-state index < -0.39 is 36.9 Å². The zero-order valence-electron chi connectivity index (χ0n) is 9.18. The van der Waals surface area contributed by atoms with Crippen LogP contribution in [0.2, 0.25) is 0 Å². The third-order valence-electron chi connectivity index (χ3n) is 2.03. The molecule has 0 fully saturated rings. The van der Waals surface area contributed by atoms with Gasteiger partial charge in [0, 0.05) is 19.2 Å². The van der Waals surface area contributed by atoms with Gasteiger partial charge in [0.25, 0.3) is 0 Å². The van der Waals surface area contributed by atoms with E-state index in [-0.39, 0.29) is 13.0 Å². The zero-order valence-corrected chi connectivity index (χ0v) is 9.18. The molecule has 8 nitrogen and oxygen atoms in total. The average Bonchev–Trinajstić information content (AvgIpc) is 2.31. The molecule has 0 rings (SSSR count). The number of carbonyl (C=O) groups excluding carboxylic acids is 1. The van der Waals surface area contributed by atoms with E-state index >= 15 is 0 Å². The molecular weight excluding hydrogens is 232 g/mol. The fourth-order valence-corrected chi connectivity index (χ4v) is 0.983. The predicted octanol–water partition coefficient (Wildman–Crippen LogP) is -3.63. The predicted molar refractivity (Wildman–Crippen MR) is 58.3 cm³/mol. The maximum Gasteiger partial charge on any atom is 0.219 e. The molecule has 4 atom stereocenters. The lowest BCUT2D eigenvalue weighted by atomic mass is 10.0. The van der Waals surface area contributed by atoms with Gasteiger partial charge in [-0.25, -0.2) is 0 Å². The molecule has 0 spiro atoms. The van der Waals surface area contributed by atoms with E-state index in [1.165, 1.54) is 0 Å². The molecule has 0 aromatic rings. The highest BCUT2D eigenvalue weighted by atomic mass is 16.4. The van der Waals surface area contributed by atoms with Crippen LogP contribution in [0, 0.1) is 0 Å². The summed E-state index contributed by atoms with van der Waals surface area (Å²) in [5.41, 5.74) is 4.85. The van der Waals surface area contributed by atoms with E-state index in [1.54, 1.807) is 0 Å². The molecule has 0 aromatic heterocycles. The van der Waals surface area contributed by atoms with Crippen molar-refractivity contribution in [2.24, 2.45) is 10.7 Å². The number of hydrogen-bond donors (Lipinski definition) is 6. The second-order valence-corrected chi connectivity index (χ2v) is 3.49. The van der Waals surface area contributed by atoms with E-state index in [2.05, 4.69) is 4.99 Å². The van der Waals surface area contributed by atoms with Crippen molar-refractivity contribution in [1.82, 2.24) is 0 Å². The fraction of sp³-hybridized carbons (Fsp3) is 0.778. The SMILES string of the molecule is NC(=O)CC/N=C/C(O)C(O)C(O)C(O)CO. The van der Waals surface area contributed by atoms with Crippen LogP contribution >= 0.6 is 0 Å². The Balaban J connectivity index is 4.12. The molecule has 7 N–H and O–H groups in total. The molecule has 0 aliphatic heterocycles. The standard InChI is InChI=1S/C9H18N2O6/c10-7(15)1-2-11-3-5(13)8(16)9(17)6(14)4-12/h3,5-6,8-9,12-14,16-17H,1-2,4H2,(H2,10,15)/b11-3+. The Labute approximate surface area is 98.0 Å². The number of nitrogens with zero attached hydrogens (tertiary/aromatic N) is 1. The minimum atomic E-state index is -1.70. The van der Waals surface area contributed by atoms with Crippen LogP contribution in [0.3, 0.4) is 0 Å². The number of aliphatic imine (C=N–C) groups is 1. The summed E-state index contributed by atoms with van der Waals surface area (Å²) < 4.78 is 0. The molecule has 0 aromatic carbocycles. The summed E-state index contributed by atoms with van der Waals surface area (Å²) in [6.07, 6.45) is -5.52. The number of amides is 1. The van der Waals surface area contributed by atoms with E-state index in [4.69, 9.17) is 15.9 Å². The summed E-state index contributed by atoms with van der Waals surface area (Å²) in [6.45, 7) is -0.693. The first kappa shape index (κ1) is 15.9. The number of rotatable bonds is 8. The molecule has 0 aliphatic rings. The van der Waals surface area contributed by atoms with Crippen LogP contribution in [0.15, 0.2) is 4.99 Å². The molecular formula is C9H18N2O6. The lowest BCUT2D eigenvalue weighted by Gasteiger charge is -2.23. The second-order valence-electron chi connectivity index (χ2n) is 3.49. The van der Waals surface area contributed by atoms with Gasteiger partial charge < -0.3 is 31.3 Å². The smallest absolute Gasteiger partial charge is 0.219 e. The van der Waals surface area contributed by atoms with Gasteiger partial charge in [-0.2, -0.15) is 0 Å². The van der Waals surface area contributed by atoms with Crippen LogP contribution in [0.25, 0.3) is 0 Å². The van der Waals surface area contributed by atoms with Crippen molar-refractivity contribution in [2.45, 2.75) is 30.8 Å². The molecule has 17 heavy (non-hydrogen) atoms. The first-order valence-corrected chi connectivity index (χ1v) is 5.01. The van der Waals surface area contributed by atoms with Crippen LogP contribution in [-0.4, -0.2) is 75.2 Å². The monoisotopic (exact) mass is 250 g/mol. The number of nitrogens with two attached hydrogens (primary N) is 1. The fourth-order valence-electron chi connectivity index (χ4n) is 0.983. The highest BCUT2D eigenvalue weighted by molar-refractivity contribution is 5.74. The Morgan fingerprint density at radius 3 is 2.29 bits per heavy atom. The van der Waals surface area contributed by atoms with Crippen molar-refractivity contribution in [3.8, 4) is 0 Å². The van der Waals surface area contributed by atoms with Crippen molar-refractivity contribution < 1.29 is 30.3 Å². The van der Waals surface area contributed by atoms with E-state index in [0.717, 1.165) is 6.21 Å². The largest absolute Gasteiger partial charge is 0.394 e.